The summed E-state index contributed by atoms with van der Waals surface area (Å²) in [5, 5.41) is 0. The van der Waals surface area contributed by atoms with Gasteiger partial charge in [0.15, 0.2) is 0 Å². The molecule has 0 amide bonds. The third-order valence-corrected chi connectivity index (χ3v) is 10.6. The molecule has 0 aliphatic rings. The van der Waals surface area contributed by atoms with Gasteiger partial charge in [-0.3, -0.25) is 9.13 Å². The van der Waals surface area contributed by atoms with E-state index < -0.39 is 30.7 Å². The Hall–Kier alpha value is -0.570. The lowest BCUT2D eigenvalue weighted by atomic mass is 10.4. The predicted molar refractivity (Wildman–Crippen MR) is 102 cm³/mol. The Labute approximate surface area is 160 Å². The van der Waals surface area contributed by atoms with Crippen LogP contribution in [0, 0.1) is 0 Å². The van der Waals surface area contributed by atoms with E-state index in [1.165, 1.54) is 24.3 Å². The molecule has 0 saturated carbocycles. The summed E-state index contributed by atoms with van der Waals surface area (Å²) in [7, 11) is -12.7. The van der Waals surface area contributed by atoms with Crippen LogP contribution in [0.3, 0.4) is 0 Å². The second-order valence-electron chi connectivity index (χ2n) is 5.06. The van der Waals surface area contributed by atoms with Crippen LogP contribution in [0.4, 0.5) is 0 Å². The van der Waals surface area contributed by atoms with Crippen LogP contribution in [0.15, 0.2) is 35.2 Å². The highest BCUT2D eigenvalue weighted by molar-refractivity contribution is 7.90. The average Bonchev–Trinajstić information content (AvgIpc) is 2.61. The summed E-state index contributed by atoms with van der Waals surface area (Å²) in [6.07, 6.45) is 0. The smallest absolute Gasteiger partial charge is 0.307 e. The van der Waals surface area contributed by atoms with E-state index in [-0.39, 0.29) is 31.3 Å². The third kappa shape index (κ3) is 6.48. The third-order valence-electron chi connectivity index (χ3n) is 3.15. The first-order valence-electron chi connectivity index (χ1n) is 8.54. The van der Waals surface area contributed by atoms with Crippen LogP contribution in [0.25, 0.3) is 0 Å². The Bertz CT molecular complexity index is 721. The van der Waals surface area contributed by atoms with Gasteiger partial charge in [-0.05, 0) is 39.8 Å². The lowest BCUT2D eigenvalue weighted by molar-refractivity contribution is 0.193. The van der Waals surface area contributed by atoms with Crippen LogP contribution in [-0.4, -0.2) is 40.4 Å². The molecule has 0 aliphatic heterocycles. The summed E-state index contributed by atoms with van der Waals surface area (Å²) in [6, 6.07) is 7.39. The Morgan fingerprint density at radius 1 is 0.815 bits per heavy atom. The SMILES string of the molecule is CCOP(=O)(OCC)C(NS(=O)(=O)c1ccccc1)P(=O)(OCC)OCC. The Balaban J connectivity index is 3.49. The highest BCUT2D eigenvalue weighted by Gasteiger charge is 2.53. The molecular weight excluding hydrogens is 416 g/mol. The van der Waals surface area contributed by atoms with Gasteiger partial charge < -0.3 is 18.1 Å². The largest absolute Gasteiger partial charge is 0.360 e. The van der Waals surface area contributed by atoms with Gasteiger partial charge in [0.2, 0.25) is 15.5 Å². The summed E-state index contributed by atoms with van der Waals surface area (Å²) in [6.45, 7) is 6.00. The fraction of sp³-hybridized carbons (Fsp3) is 0.600. The summed E-state index contributed by atoms with van der Waals surface area (Å²) in [5.41, 5.74) is -1.85. The molecule has 1 aromatic carbocycles. The van der Waals surface area contributed by atoms with E-state index in [1.807, 2.05) is 0 Å². The van der Waals surface area contributed by atoms with Crippen LogP contribution in [0.1, 0.15) is 27.7 Å². The molecule has 12 heteroatoms. The average molecular weight is 443 g/mol. The van der Waals surface area contributed by atoms with Crippen molar-refractivity contribution in [1.29, 1.82) is 0 Å². The number of hydrogen-bond acceptors (Lipinski definition) is 8. The molecule has 0 unspecified atom stereocenters. The normalized spacial score (nSPS) is 13.2. The number of nitrogens with one attached hydrogen (secondary N) is 1. The molecule has 9 nitrogen and oxygen atoms in total. The van der Waals surface area contributed by atoms with Gasteiger partial charge >= 0.3 is 15.2 Å². The van der Waals surface area contributed by atoms with E-state index in [0.29, 0.717) is 0 Å². The molecule has 0 saturated heterocycles. The maximum atomic E-state index is 13.3. The summed E-state index contributed by atoms with van der Waals surface area (Å²) >= 11 is 0. The Morgan fingerprint density at radius 3 is 1.52 bits per heavy atom. The lowest BCUT2D eigenvalue weighted by Crippen LogP contribution is -2.37. The van der Waals surface area contributed by atoms with Gasteiger partial charge in [0, 0.05) is 0 Å². The fourth-order valence-electron chi connectivity index (χ4n) is 2.19. The van der Waals surface area contributed by atoms with Gasteiger partial charge in [0.25, 0.3) is 0 Å². The van der Waals surface area contributed by atoms with Gasteiger partial charge in [-0.2, -0.15) is 4.72 Å². The molecule has 0 atom stereocenters. The standard InChI is InChI=1S/C15H27NO8P2S/c1-5-21-25(17,22-6-2)15(26(18,23-7-3)24-8-4)16-27(19,20)14-12-10-9-11-13-14/h9-13,15-16H,5-8H2,1-4H3. The van der Waals surface area contributed by atoms with Crippen LogP contribution in [0.2, 0.25) is 0 Å². The number of hydrogen-bond donors (Lipinski definition) is 1. The van der Waals surface area contributed by atoms with Crippen LogP contribution < -0.4 is 4.72 Å². The molecule has 27 heavy (non-hydrogen) atoms. The van der Waals surface area contributed by atoms with E-state index in [9.17, 15) is 17.5 Å². The molecule has 0 aromatic heterocycles. The van der Waals surface area contributed by atoms with E-state index in [1.54, 1.807) is 33.8 Å². The minimum Gasteiger partial charge on any atom is -0.307 e. The van der Waals surface area contributed by atoms with Crippen molar-refractivity contribution in [2.45, 2.75) is 38.1 Å². The lowest BCUT2D eigenvalue weighted by Gasteiger charge is -2.31. The molecule has 0 heterocycles. The van der Waals surface area contributed by atoms with E-state index in [2.05, 4.69) is 4.72 Å². The number of rotatable bonds is 13. The van der Waals surface area contributed by atoms with Crippen molar-refractivity contribution in [3.05, 3.63) is 30.3 Å². The van der Waals surface area contributed by atoms with Crippen molar-refractivity contribution in [3.8, 4) is 0 Å². The first-order valence-corrected chi connectivity index (χ1v) is 13.2. The van der Waals surface area contributed by atoms with Gasteiger partial charge in [-0.25, -0.2) is 8.42 Å². The first-order chi connectivity index (χ1) is 12.7. The highest BCUT2D eigenvalue weighted by atomic mass is 32.2. The predicted octanol–water partition coefficient (Wildman–Crippen LogP) is 3.78. The fourth-order valence-corrected chi connectivity index (χ4v) is 9.32. The van der Waals surface area contributed by atoms with Crippen molar-refractivity contribution in [2.24, 2.45) is 0 Å². The first kappa shape index (κ1) is 24.5. The Kier molecular flexibility index (Phi) is 9.82. The minimum absolute atomic E-state index is 0.0565. The quantitative estimate of drug-likeness (QED) is 0.458. The topological polar surface area (TPSA) is 117 Å². The monoisotopic (exact) mass is 443 g/mol. The second-order valence-corrected chi connectivity index (χ2v) is 11.4. The van der Waals surface area contributed by atoms with Gasteiger partial charge in [-0.1, -0.05) is 18.2 Å². The zero-order valence-electron chi connectivity index (χ0n) is 15.9. The zero-order valence-corrected chi connectivity index (χ0v) is 18.5. The maximum Gasteiger partial charge on any atom is 0.360 e. The van der Waals surface area contributed by atoms with Crippen LogP contribution >= 0.6 is 15.2 Å². The molecule has 0 bridgehead atoms. The van der Waals surface area contributed by atoms with Gasteiger partial charge in [-0.15, -0.1) is 0 Å². The minimum atomic E-state index is -4.23. The number of sulfonamides is 1. The molecular formula is C15H27NO8P2S. The maximum absolute atomic E-state index is 13.3. The zero-order chi connectivity index (χ0) is 20.6. The molecule has 1 aromatic rings. The summed E-state index contributed by atoms with van der Waals surface area (Å²) < 4.78 is 75.3. The molecule has 0 fully saturated rings. The van der Waals surface area contributed by atoms with Crippen molar-refractivity contribution >= 4 is 25.2 Å². The molecule has 0 aliphatic carbocycles. The van der Waals surface area contributed by atoms with Gasteiger partial charge in [0.05, 0.1) is 31.3 Å². The second kappa shape index (κ2) is 10.8. The molecule has 0 spiro atoms. The van der Waals surface area contributed by atoms with Crippen molar-refractivity contribution < 1.29 is 35.6 Å². The summed E-state index contributed by atoms with van der Waals surface area (Å²) in [5.74, 6) is 0. The van der Waals surface area contributed by atoms with Gasteiger partial charge in [0.1, 0.15) is 0 Å². The van der Waals surface area contributed by atoms with Crippen LogP contribution in [-0.2, 0) is 37.2 Å². The highest BCUT2D eigenvalue weighted by Crippen LogP contribution is 2.69. The van der Waals surface area contributed by atoms with Crippen LogP contribution in [0.5, 0.6) is 0 Å². The molecule has 1 N–H and O–H groups in total. The van der Waals surface area contributed by atoms with E-state index >= 15 is 0 Å². The molecule has 1 rings (SSSR count). The Morgan fingerprint density at radius 2 is 1.19 bits per heavy atom. The van der Waals surface area contributed by atoms with Crippen molar-refractivity contribution in [2.75, 3.05) is 26.4 Å². The summed E-state index contributed by atoms with van der Waals surface area (Å²) in [4.78, 5) is -0.103. The van der Waals surface area contributed by atoms with E-state index in [0.717, 1.165) is 0 Å². The van der Waals surface area contributed by atoms with Crippen molar-refractivity contribution in [1.82, 2.24) is 4.72 Å². The van der Waals surface area contributed by atoms with E-state index in [4.69, 9.17) is 18.1 Å². The van der Waals surface area contributed by atoms with Crippen molar-refractivity contribution in [3.63, 3.8) is 0 Å². The molecule has 0 radical (unpaired) electrons. The molecule has 156 valence electrons. The number of benzene rings is 1.